The molecule has 0 nitrogen and oxygen atoms in total. The van der Waals surface area contributed by atoms with Crippen LogP contribution in [-0.4, -0.2) is 0 Å². The minimum atomic E-state index is -0.572. The van der Waals surface area contributed by atoms with Crippen LogP contribution in [-0.2, 0) is 0 Å². The summed E-state index contributed by atoms with van der Waals surface area (Å²) in [7, 11) is 0. The second-order valence-corrected chi connectivity index (χ2v) is 6.69. The van der Waals surface area contributed by atoms with E-state index < -0.39 is 11.6 Å². The van der Waals surface area contributed by atoms with Crippen molar-refractivity contribution >= 4 is 0 Å². The first kappa shape index (κ1) is 17.2. The molecule has 0 fully saturated rings. The van der Waals surface area contributed by atoms with E-state index in [9.17, 15) is 8.78 Å². The number of hydrogen-bond donors (Lipinski definition) is 0. The van der Waals surface area contributed by atoms with Gasteiger partial charge in [0.1, 0.15) is 11.6 Å². The van der Waals surface area contributed by atoms with Crippen molar-refractivity contribution < 1.29 is 8.78 Å². The van der Waals surface area contributed by atoms with Crippen LogP contribution in [0.2, 0.25) is 0 Å². The van der Waals surface area contributed by atoms with Gasteiger partial charge in [-0.2, -0.15) is 0 Å². The molecular weight excluding hydrogens is 338 g/mol. The van der Waals surface area contributed by atoms with Crippen LogP contribution >= 0.6 is 0 Å². The zero-order chi connectivity index (χ0) is 18.8. The molecule has 0 bridgehead atoms. The highest BCUT2D eigenvalue weighted by Gasteiger charge is 2.06. The Labute approximate surface area is 157 Å². The number of aryl methyl sites for hydroxylation is 1. The van der Waals surface area contributed by atoms with E-state index in [4.69, 9.17) is 0 Å². The van der Waals surface area contributed by atoms with E-state index in [1.165, 1.54) is 23.3 Å². The van der Waals surface area contributed by atoms with Crippen molar-refractivity contribution in [3.05, 3.63) is 108 Å². The van der Waals surface area contributed by atoms with Gasteiger partial charge in [-0.25, -0.2) is 8.78 Å². The highest BCUT2D eigenvalue weighted by Crippen LogP contribution is 2.30. The second kappa shape index (κ2) is 7.16. The van der Waals surface area contributed by atoms with Gasteiger partial charge in [0.2, 0.25) is 0 Å². The van der Waals surface area contributed by atoms with E-state index in [2.05, 4.69) is 43.3 Å². The van der Waals surface area contributed by atoms with Crippen molar-refractivity contribution in [3.8, 4) is 33.4 Å². The Kier molecular flexibility index (Phi) is 4.55. The zero-order valence-electron chi connectivity index (χ0n) is 14.9. The van der Waals surface area contributed by atoms with Gasteiger partial charge in [-0.15, -0.1) is 0 Å². The Bertz CT molecular complexity index is 1090. The molecular formula is C25H18F2. The van der Waals surface area contributed by atoms with Gasteiger partial charge in [-0.1, -0.05) is 66.2 Å². The highest BCUT2D eigenvalue weighted by atomic mass is 19.1. The van der Waals surface area contributed by atoms with E-state index in [1.54, 1.807) is 0 Å². The molecule has 0 heterocycles. The molecule has 0 saturated carbocycles. The predicted octanol–water partition coefficient (Wildman–Crippen LogP) is 7.27. The summed E-state index contributed by atoms with van der Waals surface area (Å²) in [4.78, 5) is 0. The van der Waals surface area contributed by atoms with E-state index in [1.807, 2.05) is 36.4 Å². The third-order valence-corrected chi connectivity index (χ3v) is 4.61. The Morgan fingerprint density at radius 1 is 0.444 bits per heavy atom. The molecule has 0 N–H and O–H groups in total. The zero-order valence-corrected chi connectivity index (χ0v) is 14.9. The fourth-order valence-electron chi connectivity index (χ4n) is 3.30. The fourth-order valence-corrected chi connectivity index (χ4v) is 3.30. The summed E-state index contributed by atoms with van der Waals surface area (Å²) in [5, 5.41) is 0. The van der Waals surface area contributed by atoms with Crippen molar-refractivity contribution in [3.63, 3.8) is 0 Å². The van der Waals surface area contributed by atoms with Gasteiger partial charge in [0, 0.05) is 6.07 Å². The third-order valence-electron chi connectivity index (χ3n) is 4.61. The average molecular weight is 356 g/mol. The van der Waals surface area contributed by atoms with Crippen molar-refractivity contribution in [2.45, 2.75) is 6.92 Å². The van der Waals surface area contributed by atoms with Gasteiger partial charge in [-0.05, 0) is 64.6 Å². The predicted molar refractivity (Wildman–Crippen MR) is 107 cm³/mol. The lowest BCUT2D eigenvalue weighted by Gasteiger charge is -2.09. The quantitative estimate of drug-likeness (QED) is 0.362. The maximum Gasteiger partial charge on any atom is 0.126 e. The number of halogens is 2. The molecule has 0 spiro atoms. The number of hydrogen-bond acceptors (Lipinski definition) is 0. The minimum Gasteiger partial charge on any atom is -0.207 e. The summed E-state index contributed by atoms with van der Waals surface area (Å²) in [6, 6.07) is 28.0. The first-order valence-corrected chi connectivity index (χ1v) is 8.82. The van der Waals surface area contributed by atoms with Gasteiger partial charge in [0.15, 0.2) is 0 Å². The molecule has 0 radical (unpaired) electrons. The first-order chi connectivity index (χ1) is 13.1. The molecule has 0 unspecified atom stereocenters. The lowest BCUT2D eigenvalue weighted by molar-refractivity contribution is 0.584. The normalized spacial score (nSPS) is 10.8. The van der Waals surface area contributed by atoms with Gasteiger partial charge >= 0.3 is 0 Å². The molecule has 2 heteroatoms. The van der Waals surface area contributed by atoms with E-state index >= 15 is 0 Å². The van der Waals surface area contributed by atoms with Crippen LogP contribution in [0.1, 0.15) is 5.56 Å². The molecule has 0 aromatic heterocycles. The summed E-state index contributed by atoms with van der Waals surface area (Å²) in [5.41, 5.74) is 6.90. The lowest BCUT2D eigenvalue weighted by Crippen LogP contribution is -1.86. The standard InChI is InChI=1S/C25H18F2/c1-17-5-2-6-18(11-17)19-7-3-8-20(12-19)21-9-4-10-22(13-21)23-14-24(26)16-25(27)15-23/h2-16H,1H3. The van der Waals surface area contributed by atoms with Crippen LogP contribution < -0.4 is 0 Å². The molecule has 0 aliphatic rings. The van der Waals surface area contributed by atoms with E-state index in [0.717, 1.165) is 28.3 Å². The second-order valence-electron chi connectivity index (χ2n) is 6.69. The Morgan fingerprint density at radius 2 is 0.852 bits per heavy atom. The van der Waals surface area contributed by atoms with Crippen LogP contribution in [0.25, 0.3) is 33.4 Å². The van der Waals surface area contributed by atoms with Crippen LogP contribution in [0.4, 0.5) is 8.78 Å². The molecule has 4 aromatic rings. The van der Waals surface area contributed by atoms with Crippen LogP contribution in [0.15, 0.2) is 91.0 Å². The van der Waals surface area contributed by atoms with Crippen molar-refractivity contribution in [1.82, 2.24) is 0 Å². The van der Waals surface area contributed by atoms with Crippen LogP contribution in [0.5, 0.6) is 0 Å². The molecule has 0 atom stereocenters. The Hall–Kier alpha value is -3.26. The van der Waals surface area contributed by atoms with Gasteiger partial charge < -0.3 is 0 Å². The molecule has 27 heavy (non-hydrogen) atoms. The van der Waals surface area contributed by atoms with Crippen molar-refractivity contribution in [1.29, 1.82) is 0 Å². The molecule has 0 aliphatic heterocycles. The largest absolute Gasteiger partial charge is 0.207 e. The Balaban J connectivity index is 1.75. The smallest absolute Gasteiger partial charge is 0.126 e. The SMILES string of the molecule is Cc1cccc(-c2cccc(-c3cccc(-c4cc(F)cc(F)c4)c3)c2)c1. The van der Waals surface area contributed by atoms with Crippen LogP contribution in [0.3, 0.4) is 0 Å². The summed E-state index contributed by atoms with van der Waals surface area (Å²) < 4.78 is 27.1. The molecule has 4 rings (SSSR count). The summed E-state index contributed by atoms with van der Waals surface area (Å²) in [6.45, 7) is 2.08. The number of benzene rings is 4. The van der Waals surface area contributed by atoms with Crippen LogP contribution in [0, 0.1) is 18.6 Å². The Morgan fingerprint density at radius 3 is 1.33 bits per heavy atom. The molecule has 0 saturated heterocycles. The fraction of sp³-hybridized carbons (Fsp3) is 0.0400. The van der Waals surface area contributed by atoms with Gasteiger partial charge in [0.25, 0.3) is 0 Å². The average Bonchev–Trinajstić information content (AvgIpc) is 2.67. The van der Waals surface area contributed by atoms with E-state index in [0.29, 0.717) is 5.56 Å². The van der Waals surface area contributed by atoms with E-state index in [-0.39, 0.29) is 0 Å². The monoisotopic (exact) mass is 356 g/mol. The molecule has 0 aliphatic carbocycles. The summed E-state index contributed by atoms with van der Waals surface area (Å²) >= 11 is 0. The first-order valence-electron chi connectivity index (χ1n) is 8.82. The van der Waals surface area contributed by atoms with Gasteiger partial charge in [0.05, 0.1) is 0 Å². The lowest BCUT2D eigenvalue weighted by atomic mass is 9.96. The number of rotatable bonds is 3. The molecule has 132 valence electrons. The maximum absolute atomic E-state index is 13.6. The third kappa shape index (κ3) is 3.80. The molecule has 0 amide bonds. The molecule has 4 aromatic carbocycles. The van der Waals surface area contributed by atoms with Crippen molar-refractivity contribution in [2.24, 2.45) is 0 Å². The topological polar surface area (TPSA) is 0 Å². The summed E-state index contributed by atoms with van der Waals surface area (Å²) in [5.74, 6) is -1.14. The van der Waals surface area contributed by atoms with Crippen molar-refractivity contribution in [2.75, 3.05) is 0 Å². The summed E-state index contributed by atoms with van der Waals surface area (Å²) in [6.07, 6.45) is 0. The minimum absolute atomic E-state index is 0.532. The highest BCUT2D eigenvalue weighted by molar-refractivity contribution is 5.77. The van der Waals surface area contributed by atoms with Gasteiger partial charge in [-0.3, -0.25) is 0 Å². The maximum atomic E-state index is 13.6.